The molecular formula is C29H29N5S. The Morgan fingerprint density at radius 2 is 1.66 bits per heavy atom. The van der Waals surface area contributed by atoms with Gasteiger partial charge in [0.15, 0.2) is 5.82 Å². The fourth-order valence-electron chi connectivity index (χ4n) is 4.81. The normalized spacial score (nSPS) is 15.1. The van der Waals surface area contributed by atoms with Crippen LogP contribution in [0.1, 0.15) is 72.0 Å². The minimum absolute atomic E-state index is 0.0533. The fourth-order valence-corrected chi connectivity index (χ4v) is 6.02. The quantitative estimate of drug-likeness (QED) is 0.317. The van der Waals surface area contributed by atoms with Crippen molar-refractivity contribution in [2.45, 2.75) is 59.4 Å². The molecule has 1 atom stereocenters. The maximum absolute atomic E-state index is 9.55. The summed E-state index contributed by atoms with van der Waals surface area (Å²) in [5, 5.41) is 19.4. The van der Waals surface area contributed by atoms with Crippen molar-refractivity contribution in [3.05, 3.63) is 87.3 Å². The Morgan fingerprint density at radius 1 is 0.971 bits per heavy atom. The number of benzene rings is 2. The first-order chi connectivity index (χ1) is 16.7. The van der Waals surface area contributed by atoms with E-state index in [0.717, 1.165) is 33.5 Å². The lowest BCUT2D eigenvalue weighted by Crippen LogP contribution is -2.12. The standard InChI is InChI=1S/C29H29N5S/c1-17-18(2)35-28-25(17)26(31-24(15-16-30)27-33-32-19(3)34(27)28)21-13-11-20(12-14-21)22-9-7-8-10-23(22)29(4,5)6/h7-14,24H,15H2,1-6H3/t24-/m0/s1. The molecule has 0 saturated heterocycles. The zero-order chi connectivity index (χ0) is 24.9. The number of hydrogen-bond donors (Lipinski definition) is 0. The highest BCUT2D eigenvalue weighted by atomic mass is 32.1. The van der Waals surface area contributed by atoms with E-state index in [1.165, 1.54) is 27.1 Å². The van der Waals surface area contributed by atoms with Gasteiger partial charge in [0.05, 0.1) is 18.2 Å². The number of fused-ring (bicyclic) bond motifs is 3. The lowest BCUT2D eigenvalue weighted by Gasteiger charge is -2.23. The van der Waals surface area contributed by atoms with Crippen molar-refractivity contribution >= 4 is 17.0 Å². The summed E-state index contributed by atoms with van der Waals surface area (Å²) in [4.78, 5) is 6.39. The van der Waals surface area contributed by atoms with E-state index < -0.39 is 0 Å². The third-order valence-electron chi connectivity index (χ3n) is 6.73. The summed E-state index contributed by atoms with van der Waals surface area (Å²) in [7, 11) is 0. The first kappa shape index (κ1) is 23.2. The number of thiophene rings is 1. The predicted molar refractivity (Wildman–Crippen MR) is 143 cm³/mol. The second-order valence-electron chi connectivity index (χ2n) is 10.1. The molecule has 0 radical (unpaired) electrons. The Kier molecular flexibility index (Phi) is 5.69. The van der Waals surface area contributed by atoms with E-state index >= 15 is 0 Å². The molecule has 0 fully saturated rings. The highest BCUT2D eigenvalue weighted by Crippen LogP contribution is 2.40. The SMILES string of the molecule is Cc1sc2c(c1C)C(c1ccc(-c3ccccc3C(C)(C)C)cc1)=N[C@@H](CC#N)c1nnc(C)n1-2. The second kappa shape index (κ2) is 8.58. The van der Waals surface area contributed by atoms with E-state index in [2.05, 4.69) is 104 Å². The van der Waals surface area contributed by atoms with Gasteiger partial charge in [0.1, 0.15) is 16.9 Å². The largest absolute Gasteiger partial charge is 0.271 e. The summed E-state index contributed by atoms with van der Waals surface area (Å²) in [6, 6.07) is 19.2. The third kappa shape index (κ3) is 3.90. The van der Waals surface area contributed by atoms with Gasteiger partial charge in [0, 0.05) is 16.0 Å². The maximum Gasteiger partial charge on any atom is 0.164 e. The van der Waals surface area contributed by atoms with Gasteiger partial charge in [-0.25, -0.2) is 0 Å². The molecule has 4 aromatic rings. The minimum Gasteiger partial charge on any atom is -0.271 e. The Bertz CT molecular complexity index is 1490. The molecule has 5 nitrogen and oxygen atoms in total. The third-order valence-corrected chi connectivity index (χ3v) is 7.92. The van der Waals surface area contributed by atoms with Crippen LogP contribution in [0.15, 0.2) is 53.5 Å². The van der Waals surface area contributed by atoms with Crippen LogP contribution < -0.4 is 0 Å². The lowest BCUT2D eigenvalue weighted by atomic mass is 9.81. The molecule has 1 aliphatic rings. The van der Waals surface area contributed by atoms with E-state index in [1.807, 2.05) is 6.92 Å². The highest BCUT2D eigenvalue weighted by Gasteiger charge is 2.31. The van der Waals surface area contributed by atoms with Crippen LogP contribution >= 0.6 is 11.3 Å². The Morgan fingerprint density at radius 3 is 2.34 bits per heavy atom. The van der Waals surface area contributed by atoms with Crippen LogP contribution in [-0.4, -0.2) is 20.5 Å². The van der Waals surface area contributed by atoms with Gasteiger partial charge < -0.3 is 0 Å². The monoisotopic (exact) mass is 479 g/mol. The van der Waals surface area contributed by atoms with Crippen LogP contribution in [0.3, 0.4) is 0 Å². The van der Waals surface area contributed by atoms with Gasteiger partial charge in [0.2, 0.25) is 0 Å². The number of hydrogen-bond acceptors (Lipinski definition) is 5. The first-order valence-electron chi connectivity index (χ1n) is 11.9. The maximum atomic E-state index is 9.55. The molecule has 6 heteroatoms. The summed E-state index contributed by atoms with van der Waals surface area (Å²) in [6.45, 7) is 13.0. The molecule has 0 bridgehead atoms. The van der Waals surface area contributed by atoms with E-state index in [-0.39, 0.29) is 17.9 Å². The summed E-state index contributed by atoms with van der Waals surface area (Å²) >= 11 is 1.73. The van der Waals surface area contributed by atoms with Gasteiger partial charge in [-0.3, -0.25) is 9.56 Å². The molecule has 0 saturated carbocycles. The van der Waals surface area contributed by atoms with E-state index in [4.69, 9.17) is 4.99 Å². The van der Waals surface area contributed by atoms with Gasteiger partial charge >= 0.3 is 0 Å². The van der Waals surface area contributed by atoms with Gasteiger partial charge in [-0.15, -0.1) is 21.5 Å². The molecule has 5 rings (SSSR count). The zero-order valence-electron chi connectivity index (χ0n) is 21.0. The molecule has 0 unspecified atom stereocenters. The average molecular weight is 480 g/mol. The van der Waals surface area contributed by atoms with Crippen molar-refractivity contribution < 1.29 is 0 Å². The topological polar surface area (TPSA) is 66.9 Å². The molecule has 2 aromatic carbocycles. The number of aryl methyl sites for hydroxylation is 2. The van der Waals surface area contributed by atoms with Crippen LogP contribution in [0.5, 0.6) is 0 Å². The van der Waals surface area contributed by atoms with Crippen molar-refractivity contribution in [2.75, 3.05) is 0 Å². The molecule has 0 N–H and O–H groups in total. The molecular weight excluding hydrogens is 450 g/mol. The van der Waals surface area contributed by atoms with Crippen LogP contribution in [0.25, 0.3) is 16.1 Å². The first-order valence-corrected chi connectivity index (χ1v) is 12.7. The molecule has 2 aromatic heterocycles. The van der Waals surface area contributed by atoms with Crippen molar-refractivity contribution in [1.82, 2.24) is 14.8 Å². The Hall–Kier alpha value is -3.56. The number of rotatable bonds is 3. The highest BCUT2D eigenvalue weighted by molar-refractivity contribution is 7.15. The van der Waals surface area contributed by atoms with Gasteiger partial charge in [-0.1, -0.05) is 69.3 Å². The van der Waals surface area contributed by atoms with Crippen molar-refractivity contribution in [1.29, 1.82) is 5.26 Å². The van der Waals surface area contributed by atoms with E-state index in [0.29, 0.717) is 0 Å². The summed E-state index contributed by atoms with van der Waals surface area (Å²) < 4.78 is 2.09. The van der Waals surface area contributed by atoms with Crippen LogP contribution in [-0.2, 0) is 5.41 Å². The molecule has 0 amide bonds. The summed E-state index contributed by atoms with van der Waals surface area (Å²) in [5.74, 6) is 1.55. The molecule has 0 aliphatic carbocycles. The Balaban J connectivity index is 1.67. The minimum atomic E-state index is -0.364. The van der Waals surface area contributed by atoms with Crippen molar-refractivity contribution in [3.8, 4) is 22.2 Å². The molecule has 176 valence electrons. The number of nitriles is 1. The smallest absolute Gasteiger partial charge is 0.164 e. The van der Waals surface area contributed by atoms with Gasteiger partial charge in [-0.05, 0) is 48.4 Å². The lowest BCUT2D eigenvalue weighted by molar-refractivity contribution is 0.592. The van der Waals surface area contributed by atoms with Crippen LogP contribution in [0, 0.1) is 32.1 Å². The summed E-state index contributed by atoms with van der Waals surface area (Å²) in [6.07, 6.45) is 0.256. The fraction of sp³-hybridized carbons (Fsp3) is 0.310. The Labute approximate surface area is 210 Å². The number of aliphatic imine (C=N–C) groups is 1. The number of nitrogens with zero attached hydrogens (tertiary/aromatic N) is 5. The predicted octanol–water partition coefficient (Wildman–Crippen LogP) is 7.02. The molecule has 1 aliphatic heterocycles. The van der Waals surface area contributed by atoms with Gasteiger partial charge in [0.25, 0.3) is 0 Å². The second-order valence-corrected chi connectivity index (χ2v) is 11.3. The molecule has 35 heavy (non-hydrogen) atoms. The summed E-state index contributed by atoms with van der Waals surface area (Å²) in [5.41, 5.74) is 8.11. The van der Waals surface area contributed by atoms with Crippen molar-refractivity contribution in [2.24, 2.45) is 4.99 Å². The van der Waals surface area contributed by atoms with E-state index in [9.17, 15) is 5.26 Å². The van der Waals surface area contributed by atoms with Crippen molar-refractivity contribution in [3.63, 3.8) is 0 Å². The van der Waals surface area contributed by atoms with E-state index in [1.54, 1.807) is 11.3 Å². The zero-order valence-corrected chi connectivity index (χ0v) is 21.9. The molecule has 0 spiro atoms. The number of aromatic nitrogens is 3. The molecule has 3 heterocycles. The van der Waals surface area contributed by atoms with Gasteiger partial charge in [-0.2, -0.15) is 5.26 Å². The van der Waals surface area contributed by atoms with Crippen LogP contribution in [0.2, 0.25) is 0 Å². The van der Waals surface area contributed by atoms with Crippen LogP contribution in [0.4, 0.5) is 0 Å². The average Bonchev–Trinajstić information content (AvgIpc) is 3.31.